The minimum Gasteiger partial charge on any atom is -0.465 e. The van der Waals surface area contributed by atoms with Crippen molar-refractivity contribution in [2.75, 3.05) is 26.9 Å². The summed E-state index contributed by atoms with van der Waals surface area (Å²) in [7, 11) is 1.53. The molecule has 2 atom stereocenters. The van der Waals surface area contributed by atoms with Crippen LogP contribution >= 0.6 is 0 Å². The van der Waals surface area contributed by atoms with Crippen molar-refractivity contribution in [3.63, 3.8) is 0 Å². The van der Waals surface area contributed by atoms with E-state index in [1.165, 1.54) is 7.11 Å². The zero-order valence-electron chi connectivity index (χ0n) is 11.8. The number of ether oxygens (including phenoxy) is 3. The van der Waals surface area contributed by atoms with E-state index in [0.29, 0.717) is 19.8 Å². The molecule has 19 heavy (non-hydrogen) atoms. The number of nitrogens with two attached hydrogens (primary N) is 1. The summed E-state index contributed by atoms with van der Waals surface area (Å²) in [5.41, 5.74) is 4.71. The largest absolute Gasteiger partial charge is 0.465 e. The number of rotatable bonds is 7. The number of hydrogen-bond donors (Lipinski definition) is 3. The van der Waals surface area contributed by atoms with E-state index in [0.717, 1.165) is 0 Å². The lowest BCUT2D eigenvalue weighted by Gasteiger charge is -2.09. The molecule has 2 amide bonds. The Morgan fingerprint density at radius 2 is 1.89 bits per heavy atom. The van der Waals surface area contributed by atoms with Crippen LogP contribution in [0.1, 0.15) is 20.8 Å². The fourth-order valence-corrected chi connectivity index (χ4v) is 1.01. The molecule has 2 unspecified atom stereocenters. The SMILES string of the molecule is CCOCC(C)NC(=O)O.COCC(C)OC(N)=O. The first-order chi connectivity index (χ1) is 8.83. The van der Waals surface area contributed by atoms with Crippen molar-refractivity contribution in [2.24, 2.45) is 5.73 Å². The average Bonchev–Trinajstić information content (AvgIpc) is 2.25. The Bertz CT molecular complexity index is 249. The number of methoxy groups -OCH3 is 1. The Balaban J connectivity index is 0. The smallest absolute Gasteiger partial charge is 0.404 e. The first kappa shape index (κ1) is 19.8. The number of nitrogens with one attached hydrogen (secondary N) is 1. The molecule has 0 aromatic carbocycles. The van der Waals surface area contributed by atoms with Crippen LogP contribution < -0.4 is 11.1 Å². The normalized spacial score (nSPS) is 12.6. The topological polar surface area (TPSA) is 120 Å². The molecule has 114 valence electrons. The van der Waals surface area contributed by atoms with Crippen LogP contribution in [-0.4, -0.2) is 56.4 Å². The van der Waals surface area contributed by atoms with Crippen LogP contribution in [0.3, 0.4) is 0 Å². The third-order valence-corrected chi connectivity index (χ3v) is 1.66. The lowest BCUT2D eigenvalue weighted by atomic mass is 10.4. The van der Waals surface area contributed by atoms with E-state index in [-0.39, 0.29) is 12.1 Å². The molecule has 0 aliphatic heterocycles. The average molecular weight is 280 g/mol. The number of hydrogen-bond acceptors (Lipinski definition) is 5. The molecule has 0 fully saturated rings. The number of primary amides is 1. The van der Waals surface area contributed by atoms with Gasteiger partial charge < -0.3 is 30.4 Å². The van der Waals surface area contributed by atoms with Gasteiger partial charge in [-0.15, -0.1) is 0 Å². The first-order valence-corrected chi connectivity index (χ1v) is 5.85. The number of carbonyl (C=O) groups is 2. The van der Waals surface area contributed by atoms with E-state index in [2.05, 4.69) is 14.8 Å². The van der Waals surface area contributed by atoms with Crippen molar-refractivity contribution in [3.05, 3.63) is 0 Å². The van der Waals surface area contributed by atoms with E-state index < -0.39 is 12.2 Å². The molecular weight excluding hydrogens is 256 g/mol. The molecule has 8 nitrogen and oxygen atoms in total. The fourth-order valence-electron chi connectivity index (χ4n) is 1.01. The third kappa shape index (κ3) is 19.0. The Labute approximate surface area is 113 Å². The highest BCUT2D eigenvalue weighted by atomic mass is 16.6. The van der Waals surface area contributed by atoms with Crippen LogP contribution in [0.15, 0.2) is 0 Å². The maximum absolute atomic E-state index is 10.0. The third-order valence-electron chi connectivity index (χ3n) is 1.66. The quantitative estimate of drug-likeness (QED) is 0.634. The standard InChI is InChI=1S/C6H13NO3.C5H11NO3/c1-3-10-4-5(2)7-6(8)9;1-4(3-8-2)9-5(6)7/h5,7H,3-4H2,1-2H3,(H,8,9);4H,3H2,1-2H3,(H2,6,7). The van der Waals surface area contributed by atoms with Crippen molar-refractivity contribution in [1.29, 1.82) is 0 Å². The molecule has 0 aromatic heterocycles. The van der Waals surface area contributed by atoms with E-state index in [1.807, 2.05) is 6.92 Å². The van der Waals surface area contributed by atoms with Gasteiger partial charge in [0.25, 0.3) is 0 Å². The highest BCUT2D eigenvalue weighted by Gasteiger charge is 2.03. The second kappa shape index (κ2) is 12.9. The second-order valence-electron chi connectivity index (χ2n) is 3.71. The Kier molecular flexibility index (Phi) is 13.4. The highest BCUT2D eigenvalue weighted by Crippen LogP contribution is 1.88. The van der Waals surface area contributed by atoms with Gasteiger partial charge >= 0.3 is 12.2 Å². The van der Waals surface area contributed by atoms with Gasteiger partial charge in [-0.25, -0.2) is 9.59 Å². The van der Waals surface area contributed by atoms with E-state index >= 15 is 0 Å². The predicted molar refractivity (Wildman–Crippen MR) is 69.1 cm³/mol. The van der Waals surface area contributed by atoms with Gasteiger partial charge in [0.1, 0.15) is 6.10 Å². The maximum atomic E-state index is 10.0. The molecule has 4 N–H and O–H groups in total. The molecule has 0 aromatic rings. The minimum absolute atomic E-state index is 0.127. The maximum Gasteiger partial charge on any atom is 0.404 e. The minimum atomic E-state index is -1.01. The van der Waals surface area contributed by atoms with E-state index in [4.69, 9.17) is 15.6 Å². The van der Waals surface area contributed by atoms with Crippen LogP contribution in [0, 0.1) is 0 Å². The predicted octanol–water partition coefficient (Wildman–Crippen LogP) is 0.796. The molecular formula is C11H24N2O6. The summed E-state index contributed by atoms with van der Waals surface area (Å²) < 4.78 is 14.1. The van der Waals surface area contributed by atoms with Gasteiger partial charge in [0.05, 0.1) is 19.3 Å². The summed E-state index contributed by atoms with van der Waals surface area (Å²) in [5.74, 6) is 0. The van der Waals surface area contributed by atoms with Crippen LogP contribution in [0.25, 0.3) is 0 Å². The van der Waals surface area contributed by atoms with Crippen LogP contribution in [0.5, 0.6) is 0 Å². The summed E-state index contributed by atoms with van der Waals surface area (Å²) in [6.07, 6.45) is -2.03. The monoisotopic (exact) mass is 280 g/mol. The van der Waals surface area contributed by atoms with Crippen molar-refractivity contribution in [2.45, 2.75) is 32.9 Å². The number of amides is 2. The molecule has 0 saturated heterocycles. The molecule has 8 heteroatoms. The summed E-state index contributed by atoms with van der Waals surface area (Å²) in [5, 5.41) is 10.5. The Morgan fingerprint density at radius 1 is 1.32 bits per heavy atom. The fraction of sp³-hybridized carbons (Fsp3) is 0.818. The zero-order valence-corrected chi connectivity index (χ0v) is 11.8. The van der Waals surface area contributed by atoms with Gasteiger partial charge in [-0.1, -0.05) is 0 Å². The lowest BCUT2D eigenvalue weighted by Crippen LogP contribution is -2.34. The van der Waals surface area contributed by atoms with Gasteiger partial charge in [0.15, 0.2) is 0 Å². The molecule has 0 spiro atoms. The molecule has 0 aliphatic carbocycles. The van der Waals surface area contributed by atoms with Crippen LogP contribution in [0.2, 0.25) is 0 Å². The van der Waals surface area contributed by atoms with Gasteiger partial charge in [-0.3, -0.25) is 0 Å². The van der Waals surface area contributed by atoms with E-state index in [9.17, 15) is 9.59 Å². The molecule has 0 heterocycles. The molecule has 0 bridgehead atoms. The van der Waals surface area contributed by atoms with Crippen molar-refractivity contribution in [1.82, 2.24) is 5.32 Å². The van der Waals surface area contributed by atoms with Gasteiger partial charge in [0.2, 0.25) is 0 Å². The van der Waals surface area contributed by atoms with Crippen molar-refractivity contribution >= 4 is 12.2 Å². The Morgan fingerprint density at radius 3 is 2.26 bits per heavy atom. The summed E-state index contributed by atoms with van der Waals surface area (Å²) in [4.78, 5) is 20.0. The first-order valence-electron chi connectivity index (χ1n) is 5.85. The van der Waals surface area contributed by atoms with Crippen LogP contribution in [0.4, 0.5) is 9.59 Å². The lowest BCUT2D eigenvalue weighted by molar-refractivity contribution is 0.0540. The van der Waals surface area contributed by atoms with Gasteiger partial charge in [-0.05, 0) is 20.8 Å². The second-order valence-corrected chi connectivity index (χ2v) is 3.71. The van der Waals surface area contributed by atoms with E-state index in [1.54, 1.807) is 13.8 Å². The van der Waals surface area contributed by atoms with Crippen LogP contribution in [-0.2, 0) is 14.2 Å². The summed E-state index contributed by atoms with van der Waals surface area (Å²) >= 11 is 0. The molecule has 0 aliphatic rings. The van der Waals surface area contributed by atoms with Crippen molar-refractivity contribution < 1.29 is 28.9 Å². The summed E-state index contributed by atoms with van der Waals surface area (Å²) in [6, 6.07) is -0.127. The zero-order chi connectivity index (χ0) is 15.3. The van der Waals surface area contributed by atoms with Crippen molar-refractivity contribution in [3.8, 4) is 0 Å². The highest BCUT2D eigenvalue weighted by molar-refractivity contribution is 5.65. The summed E-state index contributed by atoms with van der Waals surface area (Å²) in [6.45, 7) is 6.75. The number of carbonyl (C=O) groups excluding carboxylic acids is 1. The molecule has 0 radical (unpaired) electrons. The molecule has 0 saturated carbocycles. The van der Waals surface area contributed by atoms with Gasteiger partial charge in [0, 0.05) is 13.7 Å². The Hall–Kier alpha value is -1.54. The molecule has 0 rings (SSSR count). The van der Waals surface area contributed by atoms with Gasteiger partial charge in [-0.2, -0.15) is 0 Å². The number of carboxylic acid groups (broad SMARTS) is 1.